The Morgan fingerprint density at radius 3 is 2.58 bits per heavy atom. The summed E-state index contributed by atoms with van der Waals surface area (Å²) in [6, 6.07) is 10.7. The molecule has 0 aliphatic carbocycles. The van der Waals surface area contributed by atoms with Gasteiger partial charge in [0.05, 0.1) is 23.5 Å². The van der Waals surface area contributed by atoms with Crippen molar-refractivity contribution in [2.75, 3.05) is 25.0 Å². The Kier molecular flexibility index (Phi) is 5.37. The van der Waals surface area contributed by atoms with E-state index in [1.54, 1.807) is 6.20 Å². The zero-order valence-corrected chi connectivity index (χ0v) is 14.0. The molecule has 4 nitrogen and oxygen atoms in total. The molecule has 0 saturated heterocycles. The lowest BCUT2D eigenvalue weighted by atomic mass is 10.0. The summed E-state index contributed by atoms with van der Waals surface area (Å²) in [7, 11) is 0. The maximum absolute atomic E-state index is 13.0. The fraction of sp³-hybridized carbons (Fsp3) is 0.263. The number of para-hydroxylation sites is 1. The summed E-state index contributed by atoms with van der Waals surface area (Å²) >= 11 is 0. The summed E-state index contributed by atoms with van der Waals surface area (Å²) in [4.78, 5) is 18.3. The zero-order valence-electron chi connectivity index (χ0n) is 14.0. The van der Waals surface area contributed by atoms with E-state index in [1.165, 1.54) is 18.2 Å². The van der Waals surface area contributed by atoms with Gasteiger partial charge in [-0.25, -0.2) is 0 Å². The molecule has 2 aromatic rings. The van der Waals surface area contributed by atoms with Crippen molar-refractivity contribution in [2.45, 2.75) is 12.6 Å². The van der Waals surface area contributed by atoms with Crippen LogP contribution in [-0.4, -0.2) is 35.4 Å². The largest absolute Gasteiger partial charge is 0.418 e. The maximum atomic E-state index is 13.0. The average Bonchev–Trinajstić information content (AvgIpc) is 2.62. The number of rotatable bonds is 4. The van der Waals surface area contributed by atoms with Crippen molar-refractivity contribution in [1.29, 1.82) is 0 Å². The topological polar surface area (TPSA) is 45.2 Å². The van der Waals surface area contributed by atoms with E-state index >= 15 is 0 Å². The first kappa shape index (κ1) is 18.1. The van der Waals surface area contributed by atoms with Gasteiger partial charge in [-0.2, -0.15) is 13.2 Å². The molecule has 1 aliphatic heterocycles. The van der Waals surface area contributed by atoms with E-state index in [9.17, 15) is 18.0 Å². The van der Waals surface area contributed by atoms with E-state index in [-0.39, 0.29) is 12.2 Å². The van der Waals surface area contributed by atoms with Crippen LogP contribution in [0.2, 0.25) is 0 Å². The molecular formula is C19H18F3N3O. The Hall–Kier alpha value is -2.67. The lowest BCUT2D eigenvalue weighted by molar-refractivity contribution is -0.137. The Morgan fingerprint density at radius 2 is 1.92 bits per heavy atom. The van der Waals surface area contributed by atoms with Crippen LogP contribution in [0.15, 0.2) is 54.7 Å². The Bertz CT molecular complexity index is 803. The molecule has 0 radical (unpaired) electrons. The van der Waals surface area contributed by atoms with Gasteiger partial charge in [0.15, 0.2) is 0 Å². The van der Waals surface area contributed by atoms with Crippen molar-refractivity contribution in [3.05, 3.63) is 66.0 Å². The van der Waals surface area contributed by atoms with Crippen LogP contribution in [0.5, 0.6) is 0 Å². The van der Waals surface area contributed by atoms with Gasteiger partial charge < -0.3 is 5.32 Å². The highest BCUT2D eigenvalue weighted by molar-refractivity contribution is 5.93. The first-order valence-electron chi connectivity index (χ1n) is 8.22. The normalized spacial score (nSPS) is 15.4. The molecule has 0 spiro atoms. The molecular weight excluding hydrogens is 343 g/mol. The van der Waals surface area contributed by atoms with Crippen LogP contribution >= 0.6 is 0 Å². The van der Waals surface area contributed by atoms with Crippen LogP contribution in [0, 0.1) is 0 Å². The second-order valence-electron chi connectivity index (χ2n) is 6.02. The average molecular weight is 361 g/mol. The molecule has 0 bridgehead atoms. The van der Waals surface area contributed by atoms with E-state index < -0.39 is 17.6 Å². The summed E-state index contributed by atoms with van der Waals surface area (Å²) in [5.74, 6) is -0.462. The summed E-state index contributed by atoms with van der Waals surface area (Å²) in [6.07, 6.45) is -0.0321. The van der Waals surface area contributed by atoms with E-state index in [2.05, 4.69) is 10.3 Å². The molecule has 0 saturated carbocycles. The molecule has 0 atom stereocenters. The van der Waals surface area contributed by atoms with Crippen molar-refractivity contribution < 1.29 is 18.0 Å². The first-order valence-corrected chi connectivity index (χ1v) is 8.22. The number of benzene rings is 1. The SMILES string of the molecule is O=C(CN1CC=C(c2ccccn2)CC1)Nc1ccccc1C(F)(F)F. The van der Waals surface area contributed by atoms with Crippen LogP contribution in [0.4, 0.5) is 18.9 Å². The van der Waals surface area contributed by atoms with E-state index in [1.807, 2.05) is 29.2 Å². The molecule has 1 N–H and O–H groups in total. The molecule has 1 aliphatic rings. The smallest absolute Gasteiger partial charge is 0.324 e. The first-order chi connectivity index (χ1) is 12.4. The molecule has 136 valence electrons. The molecule has 1 aromatic heterocycles. The maximum Gasteiger partial charge on any atom is 0.418 e. The second-order valence-corrected chi connectivity index (χ2v) is 6.02. The van der Waals surface area contributed by atoms with Gasteiger partial charge in [0, 0.05) is 19.3 Å². The van der Waals surface area contributed by atoms with Crippen LogP contribution < -0.4 is 5.32 Å². The number of halogens is 3. The predicted octanol–water partition coefficient (Wildman–Crippen LogP) is 3.83. The lowest BCUT2D eigenvalue weighted by Crippen LogP contribution is -2.36. The van der Waals surface area contributed by atoms with Gasteiger partial charge in [-0.15, -0.1) is 0 Å². The minimum Gasteiger partial charge on any atom is -0.324 e. The lowest BCUT2D eigenvalue weighted by Gasteiger charge is -2.25. The number of aromatic nitrogens is 1. The van der Waals surface area contributed by atoms with Gasteiger partial charge in [0.1, 0.15) is 0 Å². The highest BCUT2D eigenvalue weighted by Crippen LogP contribution is 2.34. The molecule has 1 aromatic carbocycles. The Morgan fingerprint density at radius 1 is 1.15 bits per heavy atom. The second kappa shape index (κ2) is 7.70. The highest BCUT2D eigenvalue weighted by atomic mass is 19.4. The third-order valence-corrected chi connectivity index (χ3v) is 4.16. The van der Waals surface area contributed by atoms with Gasteiger partial charge >= 0.3 is 6.18 Å². The van der Waals surface area contributed by atoms with Crippen LogP contribution in [0.1, 0.15) is 17.7 Å². The standard InChI is InChI=1S/C19H18F3N3O/c20-19(21,22)15-5-1-2-7-17(15)24-18(26)13-25-11-8-14(9-12-25)16-6-3-4-10-23-16/h1-8,10H,9,11-13H2,(H,24,26). The minimum absolute atomic E-state index is 0.0399. The number of alkyl halides is 3. The number of nitrogens with zero attached hydrogens (tertiary/aromatic N) is 2. The summed E-state index contributed by atoms with van der Waals surface area (Å²) in [6.45, 7) is 1.25. The van der Waals surface area contributed by atoms with Gasteiger partial charge in [0.25, 0.3) is 0 Å². The predicted molar refractivity (Wildman–Crippen MR) is 93.3 cm³/mol. The minimum atomic E-state index is -4.50. The fourth-order valence-electron chi connectivity index (χ4n) is 2.87. The number of amides is 1. The van der Waals surface area contributed by atoms with Crippen molar-refractivity contribution in [1.82, 2.24) is 9.88 Å². The van der Waals surface area contributed by atoms with Gasteiger partial charge in [0.2, 0.25) is 5.91 Å². The van der Waals surface area contributed by atoms with E-state index in [4.69, 9.17) is 0 Å². The molecule has 0 fully saturated rings. The number of pyridine rings is 1. The number of carbonyl (C=O) groups is 1. The molecule has 1 amide bonds. The summed E-state index contributed by atoms with van der Waals surface area (Å²) in [5.41, 5.74) is 0.969. The van der Waals surface area contributed by atoms with Crippen LogP contribution in [0.25, 0.3) is 5.57 Å². The van der Waals surface area contributed by atoms with E-state index in [0.29, 0.717) is 13.1 Å². The van der Waals surface area contributed by atoms with Crippen molar-refractivity contribution in [2.24, 2.45) is 0 Å². The quantitative estimate of drug-likeness (QED) is 0.900. The number of hydrogen-bond acceptors (Lipinski definition) is 3. The van der Waals surface area contributed by atoms with Gasteiger partial charge in [-0.1, -0.05) is 24.3 Å². The molecule has 2 heterocycles. The van der Waals surface area contributed by atoms with Crippen molar-refractivity contribution >= 4 is 17.2 Å². The molecule has 7 heteroatoms. The van der Waals surface area contributed by atoms with Gasteiger partial charge in [-0.05, 0) is 36.3 Å². The molecule has 26 heavy (non-hydrogen) atoms. The fourth-order valence-corrected chi connectivity index (χ4v) is 2.87. The van der Waals surface area contributed by atoms with Crippen molar-refractivity contribution in [3.8, 4) is 0 Å². The number of carbonyl (C=O) groups excluding carboxylic acids is 1. The third-order valence-electron chi connectivity index (χ3n) is 4.16. The monoisotopic (exact) mass is 361 g/mol. The summed E-state index contributed by atoms with van der Waals surface area (Å²) < 4.78 is 39.0. The number of hydrogen-bond donors (Lipinski definition) is 1. The molecule has 3 rings (SSSR count). The summed E-state index contributed by atoms with van der Waals surface area (Å²) in [5, 5.41) is 2.37. The Balaban J connectivity index is 1.60. The highest BCUT2D eigenvalue weighted by Gasteiger charge is 2.33. The van der Waals surface area contributed by atoms with Crippen LogP contribution in [-0.2, 0) is 11.0 Å². The van der Waals surface area contributed by atoms with E-state index in [0.717, 1.165) is 23.8 Å². The number of anilines is 1. The zero-order chi connectivity index (χ0) is 18.6. The van der Waals surface area contributed by atoms with Crippen LogP contribution in [0.3, 0.4) is 0 Å². The Labute approximate surface area is 149 Å². The van der Waals surface area contributed by atoms with Gasteiger partial charge in [-0.3, -0.25) is 14.7 Å². The number of nitrogens with one attached hydrogen (secondary N) is 1. The third kappa shape index (κ3) is 4.49. The van der Waals surface area contributed by atoms with Crippen molar-refractivity contribution in [3.63, 3.8) is 0 Å². The molecule has 0 unspecified atom stereocenters.